The fourth-order valence-electron chi connectivity index (χ4n) is 2.40. The maximum absolute atomic E-state index is 12.3. The van der Waals surface area contributed by atoms with Crippen molar-refractivity contribution in [2.75, 3.05) is 10.6 Å². The van der Waals surface area contributed by atoms with Gasteiger partial charge in [-0.05, 0) is 56.3 Å². The Labute approximate surface area is 150 Å². The van der Waals surface area contributed by atoms with E-state index in [1.165, 1.54) is 0 Å². The number of nitriles is 1. The average Bonchev–Trinajstić information content (AvgIpc) is 2.63. The molecule has 2 aromatic carbocycles. The van der Waals surface area contributed by atoms with Gasteiger partial charge in [-0.15, -0.1) is 0 Å². The first-order chi connectivity index (χ1) is 12.5. The molecule has 0 bridgehead atoms. The molecule has 0 radical (unpaired) electrons. The van der Waals surface area contributed by atoms with Crippen LogP contribution in [0.2, 0.25) is 0 Å². The van der Waals surface area contributed by atoms with E-state index in [2.05, 4.69) is 10.6 Å². The molecule has 1 aliphatic rings. The van der Waals surface area contributed by atoms with E-state index in [9.17, 15) is 9.59 Å². The maximum atomic E-state index is 12.3. The summed E-state index contributed by atoms with van der Waals surface area (Å²) in [6, 6.07) is 13.5. The highest BCUT2D eigenvalue weighted by molar-refractivity contribution is 5.99. The Hall–Kier alpha value is -3.53. The standard InChI is InChI=1S/C19H17N3O4/c1-11(25-15-6-3-13(10-20)4-7-15)18(23)21-14-5-8-17-16(9-14)22-19(24)12(2)26-17/h3-9,11-12H,1-2H3,(H,21,23)(H,22,24)/t11-,12+/m0/s1. The lowest BCUT2D eigenvalue weighted by Crippen LogP contribution is -2.34. The van der Waals surface area contributed by atoms with Crippen molar-refractivity contribution in [3.8, 4) is 17.6 Å². The molecule has 3 rings (SSSR count). The molecule has 7 heteroatoms. The van der Waals surface area contributed by atoms with Gasteiger partial charge in [-0.2, -0.15) is 5.26 Å². The third-order valence-electron chi connectivity index (χ3n) is 3.84. The van der Waals surface area contributed by atoms with Crippen molar-refractivity contribution < 1.29 is 19.1 Å². The first-order valence-corrected chi connectivity index (χ1v) is 8.05. The molecular weight excluding hydrogens is 334 g/mol. The van der Waals surface area contributed by atoms with E-state index in [0.717, 1.165) is 0 Å². The van der Waals surface area contributed by atoms with Crippen LogP contribution in [0.3, 0.4) is 0 Å². The molecule has 2 atom stereocenters. The smallest absolute Gasteiger partial charge is 0.265 e. The van der Waals surface area contributed by atoms with Gasteiger partial charge in [0.15, 0.2) is 12.2 Å². The van der Waals surface area contributed by atoms with Crippen molar-refractivity contribution in [1.82, 2.24) is 0 Å². The van der Waals surface area contributed by atoms with Crippen molar-refractivity contribution in [2.45, 2.75) is 26.1 Å². The van der Waals surface area contributed by atoms with Crippen molar-refractivity contribution in [3.05, 3.63) is 48.0 Å². The van der Waals surface area contributed by atoms with Gasteiger partial charge < -0.3 is 20.1 Å². The zero-order valence-corrected chi connectivity index (χ0v) is 14.3. The van der Waals surface area contributed by atoms with Gasteiger partial charge >= 0.3 is 0 Å². The van der Waals surface area contributed by atoms with Crippen LogP contribution in [0.5, 0.6) is 11.5 Å². The number of anilines is 2. The summed E-state index contributed by atoms with van der Waals surface area (Å²) in [5, 5.41) is 14.3. The first kappa shape index (κ1) is 17.3. The van der Waals surface area contributed by atoms with Crippen LogP contribution in [0.4, 0.5) is 11.4 Å². The van der Waals surface area contributed by atoms with E-state index in [4.69, 9.17) is 14.7 Å². The Morgan fingerprint density at radius 3 is 2.73 bits per heavy atom. The number of amides is 2. The molecule has 0 unspecified atom stereocenters. The van der Waals surface area contributed by atoms with E-state index in [1.54, 1.807) is 56.3 Å². The van der Waals surface area contributed by atoms with Gasteiger partial charge in [-0.3, -0.25) is 9.59 Å². The molecule has 0 saturated carbocycles. The summed E-state index contributed by atoms with van der Waals surface area (Å²) in [5.41, 5.74) is 1.54. The van der Waals surface area contributed by atoms with Crippen LogP contribution < -0.4 is 20.1 Å². The highest BCUT2D eigenvalue weighted by atomic mass is 16.5. The second-order valence-corrected chi connectivity index (χ2v) is 5.85. The second-order valence-electron chi connectivity index (χ2n) is 5.85. The Morgan fingerprint density at radius 1 is 1.31 bits per heavy atom. The van der Waals surface area contributed by atoms with E-state index in [0.29, 0.717) is 28.4 Å². The minimum Gasteiger partial charge on any atom is -0.481 e. The molecule has 2 N–H and O–H groups in total. The summed E-state index contributed by atoms with van der Waals surface area (Å²) in [6.45, 7) is 3.29. The topological polar surface area (TPSA) is 100 Å². The number of hydrogen-bond donors (Lipinski definition) is 2. The lowest BCUT2D eigenvalue weighted by atomic mass is 10.2. The molecule has 2 amide bonds. The highest BCUT2D eigenvalue weighted by Crippen LogP contribution is 2.32. The number of carbonyl (C=O) groups is 2. The largest absolute Gasteiger partial charge is 0.481 e. The summed E-state index contributed by atoms with van der Waals surface area (Å²) < 4.78 is 11.1. The number of ether oxygens (including phenoxy) is 2. The summed E-state index contributed by atoms with van der Waals surface area (Å²) >= 11 is 0. The molecule has 7 nitrogen and oxygen atoms in total. The summed E-state index contributed by atoms with van der Waals surface area (Å²) in [6.07, 6.45) is -1.30. The maximum Gasteiger partial charge on any atom is 0.265 e. The van der Waals surface area contributed by atoms with Gasteiger partial charge in [0.25, 0.3) is 11.8 Å². The van der Waals surface area contributed by atoms with Crippen LogP contribution in [0, 0.1) is 11.3 Å². The van der Waals surface area contributed by atoms with Crippen LogP contribution in [-0.2, 0) is 9.59 Å². The quantitative estimate of drug-likeness (QED) is 0.882. The van der Waals surface area contributed by atoms with Crippen molar-refractivity contribution in [1.29, 1.82) is 5.26 Å². The molecule has 26 heavy (non-hydrogen) atoms. The predicted molar refractivity (Wildman–Crippen MR) is 95.0 cm³/mol. The average molecular weight is 351 g/mol. The van der Waals surface area contributed by atoms with E-state index in [1.807, 2.05) is 6.07 Å². The number of hydrogen-bond acceptors (Lipinski definition) is 5. The van der Waals surface area contributed by atoms with Gasteiger partial charge in [0.2, 0.25) is 0 Å². The lowest BCUT2D eigenvalue weighted by molar-refractivity contribution is -0.123. The molecule has 0 saturated heterocycles. The summed E-state index contributed by atoms with van der Waals surface area (Å²) in [5.74, 6) is 0.466. The number of carbonyl (C=O) groups excluding carboxylic acids is 2. The van der Waals surface area contributed by atoms with Crippen LogP contribution in [0.15, 0.2) is 42.5 Å². The SMILES string of the molecule is C[C@H](Oc1ccc(C#N)cc1)C(=O)Nc1ccc2c(c1)NC(=O)[C@@H](C)O2. The molecule has 0 aromatic heterocycles. The molecule has 1 heterocycles. The fraction of sp³-hybridized carbons (Fsp3) is 0.211. The van der Waals surface area contributed by atoms with Crippen LogP contribution in [0.1, 0.15) is 19.4 Å². The monoisotopic (exact) mass is 351 g/mol. The van der Waals surface area contributed by atoms with E-state index in [-0.39, 0.29) is 11.8 Å². The van der Waals surface area contributed by atoms with E-state index >= 15 is 0 Å². The molecule has 1 aliphatic heterocycles. The molecule has 2 aromatic rings. The highest BCUT2D eigenvalue weighted by Gasteiger charge is 2.24. The Kier molecular flexibility index (Phi) is 4.76. The number of benzene rings is 2. The van der Waals surface area contributed by atoms with Gasteiger partial charge in [0.1, 0.15) is 11.5 Å². The number of nitrogens with one attached hydrogen (secondary N) is 2. The number of fused-ring (bicyclic) bond motifs is 1. The predicted octanol–water partition coefficient (Wildman–Crippen LogP) is 2.68. The van der Waals surface area contributed by atoms with E-state index < -0.39 is 12.2 Å². The fourth-order valence-corrected chi connectivity index (χ4v) is 2.40. The first-order valence-electron chi connectivity index (χ1n) is 8.05. The number of nitrogens with zero attached hydrogens (tertiary/aromatic N) is 1. The molecule has 0 spiro atoms. The van der Waals surface area contributed by atoms with Crippen molar-refractivity contribution in [3.63, 3.8) is 0 Å². The van der Waals surface area contributed by atoms with Crippen molar-refractivity contribution in [2.24, 2.45) is 0 Å². The molecular formula is C19H17N3O4. The summed E-state index contributed by atoms with van der Waals surface area (Å²) in [7, 11) is 0. The Bertz CT molecular complexity index is 887. The van der Waals surface area contributed by atoms with Gasteiger partial charge in [-0.25, -0.2) is 0 Å². The Morgan fingerprint density at radius 2 is 2.04 bits per heavy atom. The normalized spacial score (nSPS) is 16.3. The third kappa shape index (κ3) is 3.75. The van der Waals surface area contributed by atoms with Gasteiger partial charge in [-0.1, -0.05) is 0 Å². The minimum atomic E-state index is -0.746. The van der Waals surface area contributed by atoms with Crippen LogP contribution in [-0.4, -0.2) is 24.0 Å². The van der Waals surface area contributed by atoms with Crippen LogP contribution in [0.25, 0.3) is 0 Å². The van der Waals surface area contributed by atoms with Crippen molar-refractivity contribution >= 4 is 23.2 Å². The zero-order chi connectivity index (χ0) is 18.7. The molecule has 0 aliphatic carbocycles. The van der Waals surface area contributed by atoms with Crippen LogP contribution >= 0.6 is 0 Å². The molecule has 132 valence electrons. The third-order valence-corrected chi connectivity index (χ3v) is 3.84. The van der Waals surface area contributed by atoms with Gasteiger partial charge in [0.05, 0.1) is 17.3 Å². The Balaban J connectivity index is 1.64. The molecule has 0 fully saturated rings. The number of rotatable bonds is 4. The minimum absolute atomic E-state index is 0.238. The lowest BCUT2D eigenvalue weighted by Gasteiger charge is -2.24. The van der Waals surface area contributed by atoms with Gasteiger partial charge in [0, 0.05) is 5.69 Å². The summed E-state index contributed by atoms with van der Waals surface area (Å²) in [4.78, 5) is 24.0. The zero-order valence-electron chi connectivity index (χ0n) is 14.3. The second kappa shape index (κ2) is 7.15.